The van der Waals surface area contributed by atoms with Crippen molar-refractivity contribution >= 4 is 11.9 Å². The molecule has 0 spiro atoms. The first-order valence-electron chi connectivity index (χ1n) is 6.38. The monoisotopic (exact) mass is 291 g/mol. The van der Waals surface area contributed by atoms with Gasteiger partial charge in [0.2, 0.25) is 0 Å². The number of nitriles is 1. The number of nitrogens with zero attached hydrogens (tertiary/aromatic N) is 1. The summed E-state index contributed by atoms with van der Waals surface area (Å²) in [4.78, 5) is 22.8. The lowest BCUT2D eigenvalue weighted by Gasteiger charge is -2.16. The van der Waals surface area contributed by atoms with Gasteiger partial charge in [-0.15, -0.1) is 0 Å². The number of carbonyl (C=O) groups is 2. The van der Waals surface area contributed by atoms with Crippen LogP contribution in [0.15, 0.2) is 18.2 Å². The van der Waals surface area contributed by atoms with Gasteiger partial charge in [-0.25, -0.2) is 4.79 Å². The summed E-state index contributed by atoms with van der Waals surface area (Å²) in [6.45, 7) is 3.70. The van der Waals surface area contributed by atoms with Crippen molar-refractivity contribution in [3.63, 3.8) is 0 Å². The summed E-state index contributed by atoms with van der Waals surface area (Å²) in [6, 6.07) is 6.02. The molecular formula is C14H17N3O4. The number of rotatable bonds is 5. The Morgan fingerprint density at radius 3 is 2.67 bits per heavy atom. The minimum Gasteiger partial charge on any atom is -0.490 e. The number of nitrogens with one attached hydrogen (secondary N) is 2. The van der Waals surface area contributed by atoms with E-state index in [4.69, 9.17) is 14.7 Å². The van der Waals surface area contributed by atoms with Gasteiger partial charge in [0, 0.05) is 13.1 Å². The second-order valence-electron chi connectivity index (χ2n) is 4.03. The molecule has 1 rings (SSSR count). The number of imide groups is 1. The minimum atomic E-state index is -0.894. The van der Waals surface area contributed by atoms with Crippen LogP contribution in [0.1, 0.15) is 19.4 Å². The van der Waals surface area contributed by atoms with E-state index in [9.17, 15) is 9.59 Å². The topological polar surface area (TPSA) is 100 Å². The molecule has 0 aliphatic rings. The van der Waals surface area contributed by atoms with Gasteiger partial charge in [0.1, 0.15) is 0 Å². The summed E-state index contributed by atoms with van der Waals surface area (Å²) in [6.07, 6.45) is -0.894. The number of carbonyl (C=O) groups excluding carboxylic acids is 2. The van der Waals surface area contributed by atoms with Gasteiger partial charge in [0.15, 0.2) is 17.6 Å². The standard InChI is InChI=1S/C14H17N3O4/c1-4-20-12-7-10(8-15)5-6-11(12)21-9(2)13(18)17-14(19)16-3/h5-7,9H,4H2,1-3H3,(H2,16,17,18,19). The Morgan fingerprint density at radius 2 is 2.10 bits per heavy atom. The van der Waals surface area contributed by atoms with Crippen LogP contribution in [0.3, 0.4) is 0 Å². The first-order chi connectivity index (χ1) is 10.0. The van der Waals surface area contributed by atoms with Crippen molar-refractivity contribution in [1.82, 2.24) is 10.6 Å². The normalized spacial score (nSPS) is 11.0. The number of ether oxygens (including phenoxy) is 2. The molecule has 0 fully saturated rings. The molecule has 7 heteroatoms. The zero-order valence-corrected chi connectivity index (χ0v) is 12.1. The van der Waals surface area contributed by atoms with E-state index in [2.05, 4.69) is 10.6 Å². The molecule has 0 aliphatic heterocycles. The molecule has 1 atom stereocenters. The van der Waals surface area contributed by atoms with Gasteiger partial charge in [0.05, 0.1) is 18.2 Å². The van der Waals surface area contributed by atoms with Crippen LogP contribution in [-0.4, -0.2) is 31.7 Å². The Kier molecular flexibility index (Phi) is 6.01. The first-order valence-corrected chi connectivity index (χ1v) is 6.38. The third-order valence-electron chi connectivity index (χ3n) is 2.51. The van der Waals surface area contributed by atoms with Crippen molar-refractivity contribution in [2.24, 2.45) is 0 Å². The maximum atomic E-state index is 11.7. The van der Waals surface area contributed by atoms with E-state index in [0.717, 1.165) is 0 Å². The highest BCUT2D eigenvalue weighted by molar-refractivity contribution is 5.96. The fourth-order valence-corrected chi connectivity index (χ4v) is 1.46. The SMILES string of the molecule is CCOc1cc(C#N)ccc1OC(C)C(=O)NC(=O)NC. The predicted octanol–water partition coefficient (Wildman–Crippen LogP) is 1.18. The average molecular weight is 291 g/mol. The molecule has 0 saturated carbocycles. The van der Waals surface area contributed by atoms with Gasteiger partial charge < -0.3 is 14.8 Å². The van der Waals surface area contributed by atoms with E-state index >= 15 is 0 Å². The Morgan fingerprint density at radius 1 is 1.38 bits per heavy atom. The molecule has 0 saturated heterocycles. The quantitative estimate of drug-likeness (QED) is 0.848. The number of amides is 3. The Bertz CT molecular complexity index is 566. The van der Waals surface area contributed by atoms with E-state index in [1.54, 1.807) is 19.1 Å². The molecule has 0 aromatic heterocycles. The van der Waals surface area contributed by atoms with Crippen LogP contribution in [0, 0.1) is 11.3 Å². The summed E-state index contributed by atoms with van der Waals surface area (Å²) >= 11 is 0. The molecule has 0 aliphatic carbocycles. The molecule has 0 heterocycles. The molecule has 0 bridgehead atoms. The van der Waals surface area contributed by atoms with Gasteiger partial charge in [-0.1, -0.05) is 0 Å². The molecule has 3 amide bonds. The molecular weight excluding hydrogens is 274 g/mol. The lowest BCUT2D eigenvalue weighted by atomic mass is 10.2. The lowest BCUT2D eigenvalue weighted by molar-refractivity contribution is -0.126. The van der Waals surface area contributed by atoms with Crippen molar-refractivity contribution < 1.29 is 19.1 Å². The van der Waals surface area contributed by atoms with Crippen molar-refractivity contribution in [1.29, 1.82) is 5.26 Å². The van der Waals surface area contributed by atoms with E-state index < -0.39 is 18.0 Å². The van der Waals surface area contributed by atoms with Crippen molar-refractivity contribution in [2.45, 2.75) is 20.0 Å². The Balaban J connectivity index is 2.84. The molecule has 7 nitrogen and oxygen atoms in total. The van der Waals surface area contributed by atoms with Crippen molar-refractivity contribution in [2.75, 3.05) is 13.7 Å². The number of benzene rings is 1. The minimum absolute atomic E-state index is 0.329. The van der Waals surface area contributed by atoms with Crippen LogP contribution >= 0.6 is 0 Å². The van der Waals surface area contributed by atoms with Gasteiger partial charge in [-0.05, 0) is 26.0 Å². The zero-order valence-electron chi connectivity index (χ0n) is 12.1. The highest BCUT2D eigenvalue weighted by atomic mass is 16.5. The second kappa shape index (κ2) is 7.75. The first kappa shape index (κ1) is 16.3. The highest BCUT2D eigenvalue weighted by Gasteiger charge is 2.19. The third-order valence-corrected chi connectivity index (χ3v) is 2.51. The molecule has 1 unspecified atom stereocenters. The zero-order chi connectivity index (χ0) is 15.8. The summed E-state index contributed by atoms with van der Waals surface area (Å²) in [5.41, 5.74) is 0.424. The Labute approximate surface area is 122 Å². The van der Waals surface area contributed by atoms with Crippen LogP contribution < -0.4 is 20.1 Å². The van der Waals surface area contributed by atoms with Crippen LogP contribution in [-0.2, 0) is 4.79 Å². The second-order valence-corrected chi connectivity index (χ2v) is 4.03. The maximum Gasteiger partial charge on any atom is 0.321 e. The van der Waals surface area contributed by atoms with Crippen LogP contribution in [0.4, 0.5) is 4.79 Å². The van der Waals surface area contributed by atoms with Crippen molar-refractivity contribution in [3.8, 4) is 17.6 Å². The Hall–Kier alpha value is -2.75. The van der Waals surface area contributed by atoms with E-state index in [1.807, 2.05) is 6.07 Å². The molecule has 1 aromatic carbocycles. The van der Waals surface area contributed by atoms with Gasteiger partial charge in [-0.3, -0.25) is 10.1 Å². The number of hydrogen-bond acceptors (Lipinski definition) is 5. The van der Waals surface area contributed by atoms with E-state index in [1.165, 1.54) is 20.0 Å². The van der Waals surface area contributed by atoms with Gasteiger partial charge in [-0.2, -0.15) is 5.26 Å². The smallest absolute Gasteiger partial charge is 0.321 e. The fourth-order valence-electron chi connectivity index (χ4n) is 1.46. The molecule has 1 aromatic rings. The summed E-state index contributed by atoms with van der Waals surface area (Å²) < 4.78 is 10.9. The lowest BCUT2D eigenvalue weighted by Crippen LogP contribution is -2.44. The van der Waals surface area contributed by atoms with E-state index in [0.29, 0.717) is 23.7 Å². The highest BCUT2D eigenvalue weighted by Crippen LogP contribution is 2.29. The summed E-state index contributed by atoms with van der Waals surface area (Å²) in [5.74, 6) is 0.118. The largest absolute Gasteiger partial charge is 0.490 e. The van der Waals surface area contributed by atoms with E-state index in [-0.39, 0.29) is 0 Å². The third kappa shape index (κ3) is 4.69. The van der Waals surface area contributed by atoms with Crippen LogP contribution in [0.5, 0.6) is 11.5 Å². The summed E-state index contributed by atoms with van der Waals surface area (Å²) in [5, 5.41) is 13.3. The van der Waals surface area contributed by atoms with Gasteiger partial charge in [0.25, 0.3) is 5.91 Å². The van der Waals surface area contributed by atoms with Gasteiger partial charge >= 0.3 is 6.03 Å². The number of urea groups is 1. The fraction of sp³-hybridized carbons (Fsp3) is 0.357. The average Bonchev–Trinajstić information content (AvgIpc) is 2.48. The van der Waals surface area contributed by atoms with Crippen molar-refractivity contribution in [3.05, 3.63) is 23.8 Å². The van der Waals surface area contributed by atoms with Crippen LogP contribution in [0.25, 0.3) is 0 Å². The maximum absolute atomic E-state index is 11.7. The van der Waals surface area contributed by atoms with Crippen LogP contribution in [0.2, 0.25) is 0 Å². The molecule has 2 N–H and O–H groups in total. The predicted molar refractivity (Wildman–Crippen MR) is 75.0 cm³/mol. The summed E-state index contributed by atoms with van der Waals surface area (Å²) in [7, 11) is 1.40. The number of hydrogen-bond donors (Lipinski definition) is 2. The molecule has 0 radical (unpaired) electrons. The molecule has 21 heavy (non-hydrogen) atoms. The molecule has 112 valence electrons.